The van der Waals surface area contributed by atoms with Gasteiger partial charge in [0, 0.05) is 17.5 Å². The fourth-order valence-electron chi connectivity index (χ4n) is 10.6. The molecule has 4 aliphatic rings. The van der Waals surface area contributed by atoms with E-state index < -0.39 is 11.9 Å². The van der Waals surface area contributed by atoms with E-state index in [1.54, 1.807) is 6.92 Å². The van der Waals surface area contributed by atoms with Crippen LogP contribution in [0.2, 0.25) is 0 Å². The normalized spacial score (nSPS) is 25.5. The van der Waals surface area contributed by atoms with E-state index in [-0.39, 0.29) is 77.3 Å². The second-order valence-corrected chi connectivity index (χ2v) is 20.2. The average Bonchev–Trinajstić information content (AvgIpc) is 4.00. The first-order valence-corrected chi connectivity index (χ1v) is 24.6. The van der Waals surface area contributed by atoms with Crippen LogP contribution in [-0.2, 0) is 19.1 Å². The second kappa shape index (κ2) is 23.3. The van der Waals surface area contributed by atoms with E-state index in [0.29, 0.717) is 68.8 Å². The largest absolute Gasteiger partial charge is 2.00 e. The van der Waals surface area contributed by atoms with Crippen molar-refractivity contribution in [1.29, 1.82) is 0 Å². The Kier molecular flexibility index (Phi) is 18.6. The number of carbonyl (C=O) groups excluding carboxylic acids is 4. The van der Waals surface area contributed by atoms with Crippen molar-refractivity contribution < 1.29 is 28.7 Å². The summed E-state index contributed by atoms with van der Waals surface area (Å²) in [6.45, 7) is 23.3. The molecule has 0 radical (unpaired) electrons. The van der Waals surface area contributed by atoms with Gasteiger partial charge in [0.25, 0.3) is 0 Å². The number of methoxy groups -OCH3 is 1. The van der Waals surface area contributed by atoms with Gasteiger partial charge in [0.2, 0.25) is 0 Å². The molecule has 0 unspecified atom stereocenters. The van der Waals surface area contributed by atoms with Gasteiger partial charge in [0.15, 0.2) is 11.6 Å². The summed E-state index contributed by atoms with van der Waals surface area (Å²) in [5.74, 6) is -0.869. The number of rotatable bonds is 20. The van der Waals surface area contributed by atoms with Crippen LogP contribution in [0.5, 0.6) is 0 Å². The van der Waals surface area contributed by atoms with Crippen molar-refractivity contribution in [2.75, 3.05) is 13.7 Å². The van der Waals surface area contributed by atoms with Crippen molar-refractivity contribution in [2.24, 2.45) is 47.3 Å². The smallest absolute Gasteiger partial charge is 0.664 e. The Hall–Kier alpha value is -4.09. The van der Waals surface area contributed by atoms with Crippen LogP contribution in [0.1, 0.15) is 194 Å². The van der Waals surface area contributed by atoms with E-state index in [1.807, 2.05) is 45.1 Å². The van der Waals surface area contributed by atoms with Crippen molar-refractivity contribution in [2.45, 2.75) is 153 Å². The minimum absolute atomic E-state index is 0. The van der Waals surface area contributed by atoms with Gasteiger partial charge in [-0.25, -0.2) is 0 Å². The molecule has 0 N–H and O–H groups in total. The first kappa shape index (κ1) is 52.9. The van der Waals surface area contributed by atoms with Crippen LogP contribution < -0.4 is 9.97 Å². The summed E-state index contributed by atoms with van der Waals surface area (Å²) in [5, 5.41) is 10.3. The van der Waals surface area contributed by atoms with Gasteiger partial charge < -0.3 is 30.1 Å². The molecule has 2 aromatic rings. The quantitative estimate of drug-likeness (QED) is 0.0420. The van der Waals surface area contributed by atoms with Gasteiger partial charge in [-0.05, 0) is 94.5 Å². The van der Waals surface area contributed by atoms with Crippen LogP contribution in [0, 0.1) is 61.2 Å². The third-order valence-electron chi connectivity index (χ3n) is 14.8. The summed E-state index contributed by atoms with van der Waals surface area (Å²) in [6, 6.07) is 0. The molecule has 6 rings (SSSR count). The SMILES string of the molecule is CC[C@H]1/C2=C/c3[n-]c4c(c3C)C(=O)[C@H](C(=O)OC)/C4=C3/[N-]/C(=C\c4[n-]c(c(C(C)=O)c4C)/C=C(\[N-]2)[C@@H]1C)[C@@H](C)[C@@H]3CCC(=O)OC/C=C(/C)CCC[C@H](C)CCC[C@H](C)CCCC(C)C.[Mg+2]. The summed E-state index contributed by atoms with van der Waals surface area (Å²) < 4.78 is 11.0. The zero-order valence-electron chi connectivity index (χ0n) is 42.1. The van der Waals surface area contributed by atoms with Gasteiger partial charge in [-0.1, -0.05) is 140 Å². The number of allylic oxidation sites excluding steroid dienone is 5. The summed E-state index contributed by atoms with van der Waals surface area (Å²) >= 11 is 0. The van der Waals surface area contributed by atoms with Crippen molar-refractivity contribution >= 4 is 70.4 Å². The van der Waals surface area contributed by atoms with Crippen LogP contribution in [-0.4, -0.2) is 60.3 Å². The standard InChI is InChI=1S/C55H76N4O6.Mg/c1-13-39-34(7)41-29-46-48(38(11)60)36(9)43(57-46)27-42-35(8)40(52(58-42)50-51(55(63)64-12)54(62)49-37(10)44(59-53(49)50)28-45(39)56-41)23-24-47(61)65-26-25-33(6)22-16-21-32(5)20-15-19-31(4)18-14-17-30(2)3;/h25,27-32,34-35,39-40,51H,13-24,26H2,1-12H3,(H2-2,56,57,58,59,60,62);/q-2;+2/p-2/b33-25-,42-27-,45-28-;/t31-,32-,34-,35+,39-,40+,51-;/m1./s1. The van der Waals surface area contributed by atoms with Gasteiger partial charge in [-0.3, -0.25) is 19.2 Å². The van der Waals surface area contributed by atoms with Crippen LogP contribution >= 0.6 is 0 Å². The Morgan fingerprint density at radius 3 is 1.98 bits per heavy atom. The molecular weight excluding hydrogens is 837 g/mol. The number of nitrogens with zero attached hydrogens (tertiary/aromatic N) is 4. The summed E-state index contributed by atoms with van der Waals surface area (Å²) in [6.07, 6.45) is 20.3. The zero-order valence-corrected chi connectivity index (χ0v) is 43.5. The Morgan fingerprint density at radius 1 is 0.758 bits per heavy atom. The number of ketones is 2. The molecule has 10 nitrogen and oxygen atoms in total. The van der Waals surface area contributed by atoms with Crippen molar-refractivity contribution in [3.63, 3.8) is 0 Å². The zero-order chi connectivity index (χ0) is 47.3. The fraction of sp³-hybridized carbons (Fsp3) is 0.600. The van der Waals surface area contributed by atoms with Crippen LogP contribution in [0.4, 0.5) is 0 Å². The molecule has 2 fully saturated rings. The van der Waals surface area contributed by atoms with Gasteiger partial charge in [-0.15, -0.1) is 22.8 Å². The molecule has 66 heavy (non-hydrogen) atoms. The van der Waals surface area contributed by atoms with E-state index in [2.05, 4.69) is 48.5 Å². The number of hydrogen-bond acceptors (Lipinski definition) is 6. The molecule has 0 spiro atoms. The van der Waals surface area contributed by atoms with Crippen LogP contribution in [0.3, 0.4) is 0 Å². The number of hydrogen-bond donors (Lipinski definition) is 0. The molecule has 2 aromatic heterocycles. The van der Waals surface area contributed by atoms with E-state index in [4.69, 9.17) is 30.1 Å². The van der Waals surface area contributed by atoms with E-state index in [9.17, 15) is 19.2 Å². The molecule has 0 aromatic carbocycles. The number of Topliss-reactive ketones (excluding diaryl/α,β-unsaturated/α-hetero) is 2. The second-order valence-electron chi connectivity index (χ2n) is 20.2. The van der Waals surface area contributed by atoms with Gasteiger partial charge >= 0.3 is 35.0 Å². The van der Waals surface area contributed by atoms with Crippen molar-refractivity contribution in [3.8, 4) is 0 Å². The topological polar surface area (TPSA) is 143 Å². The molecule has 2 saturated heterocycles. The van der Waals surface area contributed by atoms with E-state index in [0.717, 1.165) is 48.1 Å². The van der Waals surface area contributed by atoms with Gasteiger partial charge in [0.1, 0.15) is 12.5 Å². The first-order chi connectivity index (χ1) is 30.9. The van der Waals surface area contributed by atoms with Crippen LogP contribution in [0.15, 0.2) is 34.4 Å². The number of fused-ring (bicyclic) bond motifs is 7. The summed E-state index contributed by atoms with van der Waals surface area (Å²) in [5.41, 5.74) is 9.10. The maximum atomic E-state index is 14.4. The molecule has 0 saturated carbocycles. The van der Waals surface area contributed by atoms with Gasteiger partial charge in [-0.2, -0.15) is 22.8 Å². The average molecular weight is 912 g/mol. The first-order valence-electron chi connectivity index (χ1n) is 24.6. The number of esters is 2. The van der Waals surface area contributed by atoms with Crippen molar-refractivity contribution in [1.82, 2.24) is 9.97 Å². The molecular formula is C55H74MgN4O6-2. The number of ether oxygens (including phenoxy) is 2. The molecule has 3 aliphatic heterocycles. The molecule has 7 atom stereocenters. The molecule has 1 aliphatic carbocycles. The minimum atomic E-state index is -1.25. The Morgan fingerprint density at radius 2 is 1.35 bits per heavy atom. The Balaban J connectivity index is 0.00000817. The van der Waals surface area contributed by atoms with E-state index in [1.165, 1.54) is 57.6 Å². The maximum Gasteiger partial charge on any atom is 2.00 e. The van der Waals surface area contributed by atoms with Crippen molar-refractivity contribution in [3.05, 3.63) is 90.1 Å². The minimum Gasteiger partial charge on any atom is -0.664 e. The maximum absolute atomic E-state index is 14.4. The third kappa shape index (κ3) is 11.8. The van der Waals surface area contributed by atoms with Crippen LogP contribution in [0.25, 0.3) is 34.4 Å². The monoisotopic (exact) mass is 911 g/mol. The Bertz CT molecular complexity index is 2280. The summed E-state index contributed by atoms with van der Waals surface area (Å²) in [4.78, 5) is 64.7. The predicted molar refractivity (Wildman–Crippen MR) is 266 cm³/mol. The molecule has 0 amide bonds. The number of carbonyl (C=O) groups is 4. The number of aromatic nitrogens is 2. The summed E-state index contributed by atoms with van der Waals surface area (Å²) in [7, 11) is 1.28. The molecule has 11 heteroatoms. The van der Waals surface area contributed by atoms with Gasteiger partial charge in [0.05, 0.1) is 7.11 Å². The predicted octanol–water partition coefficient (Wildman–Crippen LogP) is 12.9. The Labute approximate surface area is 411 Å². The third-order valence-corrected chi connectivity index (χ3v) is 14.8. The molecule has 5 heterocycles. The fourth-order valence-corrected chi connectivity index (χ4v) is 10.6. The van der Waals surface area contributed by atoms with E-state index >= 15 is 0 Å². The molecule has 8 bridgehead atoms. The molecule has 354 valence electrons.